The van der Waals surface area contributed by atoms with E-state index in [2.05, 4.69) is 10.3 Å². The van der Waals surface area contributed by atoms with E-state index in [9.17, 15) is 9.90 Å². The molecular formula is C17H20N4O2. The number of hydrogen-bond acceptors (Lipinski definition) is 3. The average Bonchev–Trinajstić information content (AvgIpc) is 3.26. The minimum atomic E-state index is -0.401. The van der Waals surface area contributed by atoms with Gasteiger partial charge in [-0.25, -0.2) is 9.78 Å². The summed E-state index contributed by atoms with van der Waals surface area (Å²) >= 11 is 0. The first-order valence-electron chi connectivity index (χ1n) is 8.08. The molecule has 23 heavy (non-hydrogen) atoms. The fraction of sp³-hybridized carbons (Fsp3) is 0.412. The number of nitrogens with zero attached hydrogens (tertiary/aromatic N) is 3. The molecule has 1 saturated heterocycles. The Balaban J connectivity index is 1.53. The number of benzene rings is 1. The molecule has 1 aliphatic heterocycles. The molecule has 2 amide bonds. The summed E-state index contributed by atoms with van der Waals surface area (Å²) in [5.74, 6) is 0.932. The Bertz CT molecular complexity index is 700. The summed E-state index contributed by atoms with van der Waals surface area (Å²) in [6.07, 6.45) is 5.86. The second-order valence-corrected chi connectivity index (χ2v) is 6.26. The van der Waals surface area contributed by atoms with Crippen LogP contribution in [-0.4, -0.2) is 44.3 Å². The maximum absolute atomic E-state index is 12.6. The first-order chi connectivity index (χ1) is 11.2. The zero-order valence-corrected chi connectivity index (χ0v) is 12.8. The quantitative estimate of drug-likeness (QED) is 0.893. The van der Waals surface area contributed by atoms with Crippen LogP contribution in [0.5, 0.6) is 0 Å². The minimum absolute atomic E-state index is 0.0462. The number of aliphatic hydroxyl groups excluding tert-OH is 1. The molecule has 1 aromatic heterocycles. The topological polar surface area (TPSA) is 70.4 Å². The van der Waals surface area contributed by atoms with Gasteiger partial charge < -0.3 is 10.0 Å². The second-order valence-electron chi connectivity index (χ2n) is 6.26. The Morgan fingerprint density at radius 2 is 2.04 bits per heavy atom. The van der Waals surface area contributed by atoms with Crippen LogP contribution < -0.4 is 5.32 Å². The van der Waals surface area contributed by atoms with E-state index in [-0.39, 0.29) is 12.1 Å². The van der Waals surface area contributed by atoms with Crippen LogP contribution in [0, 0.1) is 5.92 Å². The van der Waals surface area contributed by atoms with Crippen molar-refractivity contribution in [3.8, 4) is 5.69 Å². The molecule has 6 heteroatoms. The molecule has 1 saturated carbocycles. The van der Waals surface area contributed by atoms with E-state index in [1.165, 1.54) is 0 Å². The van der Waals surface area contributed by atoms with Crippen molar-refractivity contribution in [3.63, 3.8) is 0 Å². The van der Waals surface area contributed by atoms with Crippen molar-refractivity contribution in [2.45, 2.75) is 31.4 Å². The standard InChI is InChI=1S/C17H20N4O2/c22-14-7-6-12-8-10-21(15(12)14)17(23)19-16-18-9-11-20(16)13-4-2-1-3-5-13/h1-5,9,11-12,14-15,22H,6-8,10H2,(H,18,19,23)/t12-,14+,15+/m0/s1. The molecule has 120 valence electrons. The average molecular weight is 312 g/mol. The Labute approximate surface area is 134 Å². The predicted octanol–water partition coefficient (Wildman–Crippen LogP) is 2.25. The lowest BCUT2D eigenvalue weighted by molar-refractivity contribution is 0.101. The smallest absolute Gasteiger partial charge is 0.324 e. The molecule has 0 bridgehead atoms. The summed E-state index contributed by atoms with van der Waals surface area (Å²) in [5.41, 5.74) is 0.945. The number of imidazole rings is 1. The Kier molecular flexibility index (Phi) is 3.53. The van der Waals surface area contributed by atoms with Gasteiger partial charge in [-0.3, -0.25) is 9.88 Å². The molecule has 2 aromatic rings. The number of likely N-dealkylation sites (tertiary alicyclic amines) is 1. The second kappa shape index (κ2) is 5.70. The third kappa shape index (κ3) is 2.49. The van der Waals surface area contributed by atoms with E-state index in [1.807, 2.05) is 41.1 Å². The lowest BCUT2D eigenvalue weighted by Gasteiger charge is -2.26. The van der Waals surface area contributed by atoms with E-state index in [0.717, 1.165) is 24.9 Å². The van der Waals surface area contributed by atoms with Crippen LogP contribution in [0.15, 0.2) is 42.7 Å². The van der Waals surface area contributed by atoms with Crippen LogP contribution in [0.1, 0.15) is 19.3 Å². The van der Waals surface area contributed by atoms with Crippen LogP contribution in [0.3, 0.4) is 0 Å². The predicted molar refractivity (Wildman–Crippen MR) is 86.4 cm³/mol. The van der Waals surface area contributed by atoms with Crippen molar-refractivity contribution in [1.29, 1.82) is 0 Å². The Morgan fingerprint density at radius 1 is 1.22 bits per heavy atom. The van der Waals surface area contributed by atoms with Crippen LogP contribution in [-0.2, 0) is 0 Å². The zero-order valence-electron chi connectivity index (χ0n) is 12.8. The molecule has 3 atom stereocenters. The van der Waals surface area contributed by atoms with E-state index < -0.39 is 6.10 Å². The molecule has 1 aromatic carbocycles. The third-order valence-corrected chi connectivity index (χ3v) is 4.97. The number of anilines is 1. The maximum Gasteiger partial charge on any atom is 0.324 e. The number of amides is 2. The molecule has 2 aliphatic rings. The van der Waals surface area contributed by atoms with Gasteiger partial charge in [-0.2, -0.15) is 0 Å². The van der Waals surface area contributed by atoms with Gasteiger partial charge in [0, 0.05) is 24.6 Å². The number of aliphatic hydroxyl groups is 1. The first kappa shape index (κ1) is 14.3. The van der Waals surface area contributed by atoms with Gasteiger partial charge >= 0.3 is 6.03 Å². The summed E-state index contributed by atoms with van der Waals surface area (Å²) in [7, 11) is 0. The van der Waals surface area contributed by atoms with Gasteiger partial charge in [-0.15, -0.1) is 0 Å². The van der Waals surface area contributed by atoms with Gasteiger partial charge in [-0.05, 0) is 37.3 Å². The summed E-state index contributed by atoms with van der Waals surface area (Å²) in [5, 5.41) is 13.0. The molecule has 2 fully saturated rings. The van der Waals surface area contributed by atoms with Crippen molar-refractivity contribution in [3.05, 3.63) is 42.7 Å². The van der Waals surface area contributed by atoms with Crippen LogP contribution >= 0.6 is 0 Å². The number of urea groups is 1. The molecule has 0 spiro atoms. The van der Waals surface area contributed by atoms with Gasteiger partial charge in [0.05, 0.1) is 12.1 Å². The molecule has 2 heterocycles. The monoisotopic (exact) mass is 312 g/mol. The number of fused-ring (bicyclic) bond motifs is 1. The first-order valence-corrected chi connectivity index (χ1v) is 8.08. The number of nitrogens with one attached hydrogen (secondary N) is 1. The van der Waals surface area contributed by atoms with Gasteiger partial charge in [0.25, 0.3) is 0 Å². The van der Waals surface area contributed by atoms with Gasteiger partial charge in [0.1, 0.15) is 0 Å². The molecular weight excluding hydrogens is 292 g/mol. The summed E-state index contributed by atoms with van der Waals surface area (Å²) in [4.78, 5) is 18.7. The SMILES string of the molecule is O=C(Nc1nccn1-c1ccccc1)N1CC[C@@H]2CC[C@@H](O)[C@@H]21. The highest BCUT2D eigenvalue weighted by Crippen LogP contribution is 2.38. The van der Waals surface area contributed by atoms with Gasteiger partial charge in [0.15, 0.2) is 0 Å². The van der Waals surface area contributed by atoms with Crippen molar-refractivity contribution in [2.75, 3.05) is 11.9 Å². The van der Waals surface area contributed by atoms with Crippen molar-refractivity contribution >= 4 is 12.0 Å². The van der Waals surface area contributed by atoms with Gasteiger partial charge in [-0.1, -0.05) is 18.2 Å². The van der Waals surface area contributed by atoms with Gasteiger partial charge in [0.2, 0.25) is 5.95 Å². The summed E-state index contributed by atoms with van der Waals surface area (Å²) < 4.78 is 1.84. The highest BCUT2D eigenvalue weighted by Gasteiger charge is 2.45. The lowest BCUT2D eigenvalue weighted by atomic mass is 10.0. The van der Waals surface area contributed by atoms with E-state index >= 15 is 0 Å². The van der Waals surface area contributed by atoms with E-state index in [0.29, 0.717) is 18.4 Å². The van der Waals surface area contributed by atoms with Crippen LogP contribution in [0.4, 0.5) is 10.7 Å². The van der Waals surface area contributed by atoms with Crippen molar-refractivity contribution in [1.82, 2.24) is 14.5 Å². The zero-order chi connectivity index (χ0) is 15.8. The maximum atomic E-state index is 12.6. The number of carbonyl (C=O) groups is 1. The Hall–Kier alpha value is -2.34. The number of carbonyl (C=O) groups excluding carboxylic acids is 1. The minimum Gasteiger partial charge on any atom is -0.391 e. The normalized spacial score (nSPS) is 26.3. The Morgan fingerprint density at radius 3 is 2.87 bits per heavy atom. The van der Waals surface area contributed by atoms with Crippen molar-refractivity contribution in [2.24, 2.45) is 5.92 Å². The summed E-state index contributed by atoms with van der Waals surface area (Å²) in [6, 6.07) is 9.54. The third-order valence-electron chi connectivity index (χ3n) is 4.97. The van der Waals surface area contributed by atoms with E-state index in [4.69, 9.17) is 0 Å². The molecule has 6 nitrogen and oxygen atoms in total. The fourth-order valence-corrected chi connectivity index (χ4v) is 3.87. The number of para-hydroxylation sites is 1. The highest BCUT2D eigenvalue weighted by atomic mass is 16.3. The largest absolute Gasteiger partial charge is 0.391 e. The number of aromatic nitrogens is 2. The molecule has 2 N–H and O–H groups in total. The number of rotatable bonds is 2. The van der Waals surface area contributed by atoms with E-state index in [1.54, 1.807) is 11.1 Å². The van der Waals surface area contributed by atoms with Crippen LogP contribution in [0.25, 0.3) is 5.69 Å². The van der Waals surface area contributed by atoms with Crippen LogP contribution in [0.2, 0.25) is 0 Å². The summed E-state index contributed by atoms with van der Waals surface area (Å²) in [6.45, 7) is 0.699. The fourth-order valence-electron chi connectivity index (χ4n) is 3.87. The molecule has 1 aliphatic carbocycles. The molecule has 0 radical (unpaired) electrons. The highest BCUT2D eigenvalue weighted by molar-refractivity contribution is 5.88. The van der Waals surface area contributed by atoms with Crippen molar-refractivity contribution < 1.29 is 9.90 Å². The lowest BCUT2D eigenvalue weighted by Crippen LogP contribution is -2.44. The molecule has 4 rings (SSSR count). The number of hydrogen-bond donors (Lipinski definition) is 2. The molecule has 0 unspecified atom stereocenters.